The van der Waals surface area contributed by atoms with Crippen molar-refractivity contribution in [3.05, 3.63) is 48.0 Å². The first kappa shape index (κ1) is 19.9. The molecule has 1 aromatic carbocycles. The Hall–Kier alpha value is -1.12. The molecule has 1 atom stereocenters. The summed E-state index contributed by atoms with van der Waals surface area (Å²) in [7, 11) is -6.95. The van der Waals surface area contributed by atoms with Gasteiger partial charge in [-0.2, -0.15) is 21.6 Å². The Morgan fingerprint density at radius 3 is 2.17 bits per heavy atom. The highest BCUT2D eigenvalue weighted by Crippen LogP contribution is 2.32. The van der Waals surface area contributed by atoms with Crippen LogP contribution in [0.4, 0.5) is 13.2 Å². The second-order valence-electron chi connectivity index (χ2n) is 6.37. The number of halogens is 3. The van der Waals surface area contributed by atoms with E-state index in [-0.39, 0.29) is 6.42 Å². The molecule has 0 aliphatic carbocycles. The standard InChI is InChI=1S/C15H21F3O3SSi/c1-23(2,3)12-8-7-11-14(13-9-5-4-6-10-13)21-22(19,20)15(16,17)18/h4-10,14H,11-12H2,1-3H3/b8-7+. The van der Waals surface area contributed by atoms with Crippen LogP contribution in [0.25, 0.3) is 0 Å². The predicted molar refractivity (Wildman–Crippen MR) is 87.2 cm³/mol. The average molecular weight is 366 g/mol. The zero-order valence-corrected chi connectivity index (χ0v) is 15.1. The largest absolute Gasteiger partial charge is 0.523 e. The number of alkyl halides is 3. The molecule has 8 heteroatoms. The third-order valence-electron chi connectivity index (χ3n) is 2.94. The Labute approximate surface area is 136 Å². The van der Waals surface area contributed by atoms with Crippen molar-refractivity contribution >= 4 is 18.2 Å². The lowest BCUT2D eigenvalue weighted by molar-refractivity contribution is -0.0574. The average Bonchev–Trinajstić information content (AvgIpc) is 2.40. The minimum Gasteiger partial charge on any atom is -0.255 e. The number of hydrogen-bond acceptors (Lipinski definition) is 3. The fraction of sp³-hybridized carbons (Fsp3) is 0.467. The fourth-order valence-corrected chi connectivity index (χ4v) is 3.24. The molecule has 0 aromatic heterocycles. The molecule has 3 nitrogen and oxygen atoms in total. The number of rotatable bonds is 7. The van der Waals surface area contributed by atoms with Gasteiger partial charge in [0.15, 0.2) is 0 Å². The van der Waals surface area contributed by atoms with Gasteiger partial charge in [0.25, 0.3) is 0 Å². The van der Waals surface area contributed by atoms with Crippen molar-refractivity contribution in [3.63, 3.8) is 0 Å². The van der Waals surface area contributed by atoms with Crippen molar-refractivity contribution in [2.45, 2.75) is 43.7 Å². The Morgan fingerprint density at radius 2 is 1.70 bits per heavy atom. The van der Waals surface area contributed by atoms with Crippen LogP contribution in [-0.2, 0) is 14.3 Å². The van der Waals surface area contributed by atoms with Crippen LogP contribution in [0, 0.1) is 0 Å². The van der Waals surface area contributed by atoms with Gasteiger partial charge in [0.2, 0.25) is 0 Å². The topological polar surface area (TPSA) is 43.4 Å². The summed E-state index contributed by atoms with van der Waals surface area (Å²) in [5.74, 6) is 0. The molecule has 0 saturated carbocycles. The third kappa shape index (κ3) is 6.88. The van der Waals surface area contributed by atoms with Gasteiger partial charge in [0, 0.05) is 8.07 Å². The van der Waals surface area contributed by atoms with Crippen molar-refractivity contribution in [2.75, 3.05) is 0 Å². The van der Waals surface area contributed by atoms with Gasteiger partial charge in [0.1, 0.15) is 6.10 Å². The van der Waals surface area contributed by atoms with E-state index < -0.39 is 29.8 Å². The van der Waals surface area contributed by atoms with E-state index in [0.29, 0.717) is 5.56 Å². The van der Waals surface area contributed by atoms with E-state index in [1.807, 2.05) is 6.08 Å². The highest BCUT2D eigenvalue weighted by atomic mass is 32.2. The van der Waals surface area contributed by atoms with E-state index in [1.54, 1.807) is 36.4 Å². The van der Waals surface area contributed by atoms with Crippen LogP contribution < -0.4 is 0 Å². The van der Waals surface area contributed by atoms with E-state index in [9.17, 15) is 21.6 Å². The molecule has 0 saturated heterocycles. The summed E-state index contributed by atoms with van der Waals surface area (Å²) in [6, 6.07) is 8.89. The first-order valence-corrected chi connectivity index (χ1v) is 12.2. The Balaban J connectivity index is 2.92. The molecule has 0 fully saturated rings. The van der Waals surface area contributed by atoms with Gasteiger partial charge in [-0.1, -0.05) is 62.1 Å². The number of benzene rings is 1. The Kier molecular flexibility index (Phi) is 6.61. The SMILES string of the molecule is C[Si](C)(C)C/C=C/CC(OS(=O)(=O)C(F)(F)F)c1ccccc1. The summed E-state index contributed by atoms with van der Waals surface area (Å²) in [5, 5.41) is 0. The van der Waals surface area contributed by atoms with E-state index in [4.69, 9.17) is 0 Å². The first-order chi connectivity index (χ1) is 10.4. The molecule has 0 aliphatic heterocycles. The maximum Gasteiger partial charge on any atom is 0.523 e. The lowest BCUT2D eigenvalue weighted by Crippen LogP contribution is -2.27. The van der Waals surface area contributed by atoms with Crippen molar-refractivity contribution < 1.29 is 25.8 Å². The second kappa shape index (κ2) is 7.63. The molecule has 23 heavy (non-hydrogen) atoms. The van der Waals surface area contributed by atoms with Gasteiger partial charge in [-0.05, 0) is 18.0 Å². The summed E-state index contributed by atoms with van der Waals surface area (Å²) in [4.78, 5) is 0. The smallest absolute Gasteiger partial charge is 0.255 e. The number of allylic oxidation sites excluding steroid dienone is 1. The second-order valence-corrected chi connectivity index (χ2v) is 13.5. The molecule has 0 amide bonds. The van der Waals surface area contributed by atoms with Gasteiger partial charge >= 0.3 is 15.6 Å². The molecule has 130 valence electrons. The molecule has 0 N–H and O–H groups in total. The maximum atomic E-state index is 12.5. The summed E-state index contributed by atoms with van der Waals surface area (Å²) in [5.41, 5.74) is -5.04. The predicted octanol–water partition coefficient (Wildman–Crippen LogP) is 4.88. The monoisotopic (exact) mass is 366 g/mol. The minimum atomic E-state index is -5.64. The van der Waals surface area contributed by atoms with Gasteiger partial charge in [-0.25, -0.2) is 0 Å². The van der Waals surface area contributed by atoms with Crippen LogP contribution in [0.15, 0.2) is 42.5 Å². The Morgan fingerprint density at radius 1 is 1.13 bits per heavy atom. The van der Waals surface area contributed by atoms with E-state index in [1.165, 1.54) is 0 Å². The van der Waals surface area contributed by atoms with Crippen LogP contribution in [0.2, 0.25) is 25.7 Å². The lowest BCUT2D eigenvalue weighted by atomic mass is 10.1. The van der Waals surface area contributed by atoms with E-state index in [2.05, 4.69) is 23.8 Å². The molecule has 1 rings (SSSR count). The Bertz CT molecular complexity index is 620. The third-order valence-corrected chi connectivity index (χ3v) is 5.46. The first-order valence-electron chi connectivity index (χ1n) is 7.12. The molecular formula is C15H21F3O3SSi. The molecule has 0 spiro atoms. The molecule has 0 bridgehead atoms. The molecule has 1 unspecified atom stereocenters. The highest BCUT2D eigenvalue weighted by Gasteiger charge is 2.48. The zero-order valence-electron chi connectivity index (χ0n) is 13.3. The van der Waals surface area contributed by atoms with Crippen LogP contribution in [-0.4, -0.2) is 22.0 Å². The lowest BCUT2D eigenvalue weighted by Gasteiger charge is -2.18. The van der Waals surface area contributed by atoms with Crippen LogP contribution in [0.3, 0.4) is 0 Å². The number of hydrogen-bond donors (Lipinski definition) is 0. The summed E-state index contributed by atoms with van der Waals surface area (Å²) < 4.78 is 64.5. The summed E-state index contributed by atoms with van der Waals surface area (Å²) >= 11 is 0. The quantitative estimate of drug-likeness (QED) is 0.299. The van der Waals surface area contributed by atoms with Gasteiger partial charge in [-0.15, -0.1) is 0 Å². The fourth-order valence-electron chi connectivity index (χ4n) is 1.76. The van der Waals surface area contributed by atoms with Crippen molar-refractivity contribution in [1.29, 1.82) is 0 Å². The highest BCUT2D eigenvalue weighted by molar-refractivity contribution is 7.87. The molecule has 1 aromatic rings. The molecule has 0 heterocycles. The summed E-state index contributed by atoms with van der Waals surface area (Å²) in [6.07, 6.45) is 2.43. The molecule has 0 aliphatic rings. The maximum absolute atomic E-state index is 12.5. The summed E-state index contributed by atoms with van der Waals surface area (Å²) in [6.45, 7) is 6.49. The van der Waals surface area contributed by atoms with Crippen molar-refractivity contribution in [1.82, 2.24) is 0 Å². The van der Waals surface area contributed by atoms with Crippen LogP contribution >= 0.6 is 0 Å². The molecule has 0 radical (unpaired) electrons. The minimum absolute atomic E-state index is 0.0593. The van der Waals surface area contributed by atoms with E-state index >= 15 is 0 Å². The molecular weight excluding hydrogens is 345 g/mol. The van der Waals surface area contributed by atoms with Gasteiger partial charge < -0.3 is 0 Å². The van der Waals surface area contributed by atoms with Crippen molar-refractivity contribution in [2.24, 2.45) is 0 Å². The van der Waals surface area contributed by atoms with Crippen LogP contribution in [0.1, 0.15) is 18.1 Å². The zero-order chi connectivity index (χ0) is 17.7. The van der Waals surface area contributed by atoms with Gasteiger partial charge in [0.05, 0.1) is 0 Å². The van der Waals surface area contributed by atoms with Crippen LogP contribution in [0.5, 0.6) is 0 Å². The van der Waals surface area contributed by atoms with Crippen molar-refractivity contribution in [3.8, 4) is 0 Å². The normalized spacial score (nSPS) is 15.0. The van der Waals surface area contributed by atoms with Gasteiger partial charge in [-0.3, -0.25) is 4.18 Å². The van der Waals surface area contributed by atoms with E-state index in [0.717, 1.165) is 6.04 Å².